The number of hydrogen-bond donors (Lipinski definition) is 3. The van der Waals surface area contributed by atoms with Crippen LogP contribution in [0.25, 0.3) is 0 Å². The van der Waals surface area contributed by atoms with Crippen molar-refractivity contribution in [2.45, 2.75) is 109 Å². The summed E-state index contributed by atoms with van der Waals surface area (Å²) in [6.45, 7) is 9.90. The molecule has 0 aromatic heterocycles. The molecule has 0 unspecified atom stereocenters. The van der Waals surface area contributed by atoms with E-state index in [4.69, 9.17) is 24.8 Å². The Bertz CT molecular complexity index is 943. The second-order valence-corrected chi connectivity index (χ2v) is 10.9. The maximum Gasteiger partial charge on any atom is 0.303 e. The molecule has 0 bridgehead atoms. The minimum absolute atomic E-state index is 0.0502. The number of epoxide rings is 1. The lowest BCUT2D eigenvalue weighted by molar-refractivity contribution is -0.143. The number of esters is 1. The molecular formula is C28H43N3O7. The molecule has 0 aromatic carbocycles. The third kappa shape index (κ3) is 9.34. The topological polar surface area (TPSA) is 142 Å². The Hall–Kier alpha value is -2.53. The van der Waals surface area contributed by atoms with Crippen LogP contribution >= 0.6 is 0 Å². The van der Waals surface area contributed by atoms with Crippen LogP contribution in [-0.2, 0) is 33.3 Å². The van der Waals surface area contributed by atoms with Crippen LogP contribution in [0, 0.1) is 5.92 Å². The molecule has 3 aliphatic heterocycles. The van der Waals surface area contributed by atoms with Crippen molar-refractivity contribution < 1.29 is 33.3 Å². The highest BCUT2D eigenvalue weighted by atomic mass is 16.6. The molecule has 2 amide bonds. The lowest BCUT2D eigenvalue weighted by Crippen LogP contribution is -2.50. The molecule has 212 valence electrons. The number of allylic oxidation sites excluding steroid dienone is 2. The van der Waals surface area contributed by atoms with Crippen molar-refractivity contribution in [2.24, 2.45) is 11.8 Å². The average Bonchev–Trinajstić information content (AvgIpc) is 3.59. The molecule has 3 fully saturated rings. The van der Waals surface area contributed by atoms with Crippen LogP contribution in [0.15, 0.2) is 36.0 Å². The van der Waals surface area contributed by atoms with E-state index < -0.39 is 6.10 Å². The molecule has 8 atom stereocenters. The molecule has 3 rings (SSSR count). The fraction of sp³-hybridized carbons (Fsp3) is 0.679. The van der Waals surface area contributed by atoms with E-state index in [1.54, 1.807) is 13.0 Å². The van der Waals surface area contributed by atoms with Gasteiger partial charge < -0.3 is 24.3 Å². The average molecular weight is 534 g/mol. The van der Waals surface area contributed by atoms with Crippen LogP contribution in [0.5, 0.6) is 0 Å². The fourth-order valence-electron chi connectivity index (χ4n) is 5.14. The quantitative estimate of drug-likeness (QED) is 0.0739. The smallest absolute Gasteiger partial charge is 0.303 e. The summed E-state index contributed by atoms with van der Waals surface area (Å²) in [6.07, 6.45) is 11.6. The molecule has 3 heterocycles. The van der Waals surface area contributed by atoms with E-state index in [0.29, 0.717) is 13.0 Å². The number of nitrogens with one attached hydrogen (secondary N) is 2. The highest BCUT2D eigenvalue weighted by Gasteiger charge is 2.51. The number of amides is 2. The van der Waals surface area contributed by atoms with E-state index in [1.165, 1.54) is 13.0 Å². The van der Waals surface area contributed by atoms with Gasteiger partial charge in [0, 0.05) is 25.8 Å². The number of ether oxygens (including phenoxy) is 4. The third-order valence-electron chi connectivity index (χ3n) is 7.33. The SMILES string of the molecule is CC(=O)O[C@@H](C)C=CC(=O)N[C@@H]1C[C@H](C)[C@H](CC=C(C)C=C[C@@H]2C[C@@]3(CO3)C[C@@H](CC(=O)NN)O2)O[C@@H]1C. The van der Waals surface area contributed by atoms with Crippen molar-refractivity contribution in [1.82, 2.24) is 10.7 Å². The molecule has 10 heteroatoms. The van der Waals surface area contributed by atoms with Crippen LogP contribution in [0.1, 0.15) is 66.7 Å². The summed E-state index contributed by atoms with van der Waals surface area (Å²) in [5, 5.41) is 3.01. The van der Waals surface area contributed by atoms with Crippen LogP contribution in [0.2, 0.25) is 0 Å². The van der Waals surface area contributed by atoms with Gasteiger partial charge in [-0.25, -0.2) is 5.84 Å². The zero-order chi connectivity index (χ0) is 27.9. The van der Waals surface area contributed by atoms with Gasteiger partial charge in [-0.3, -0.25) is 19.8 Å². The largest absolute Gasteiger partial charge is 0.459 e. The lowest BCUT2D eigenvalue weighted by Gasteiger charge is -2.39. The summed E-state index contributed by atoms with van der Waals surface area (Å²) in [5.41, 5.74) is 3.10. The van der Waals surface area contributed by atoms with E-state index in [0.717, 1.165) is 24.8 Å². The Kier molecular flexibility index (Phi) is 10.7. The van der Waals surface area contributed by atoms with Crippen molar-refractivity contribution in [2.75, 3.05) is 6.61 Å². The van der Waals surface area contributed by atoms with Crippen LogP contribution in [-0.4, -0.2) is 66.6 Å². The maximum atomic E-state index is 12.3. The molecule has 3 saturated heterocycles. The van der Waals surface area contributed by atoms with Gasteiger partial charge in [-0.1, -0.05) is 30.7 Å². The lowest BCUT2D eigenvalue weighted by atomic mass is 9.88. The van der Waals surface area contributed by atoms with Crippen molar-refractivity contribution in [1.29, 1.82) is 0 Å². The first-order valence-corrected chi connectivity index (χ1v) is 13.4. The Balaban J connectivity index is 1.47. The molecular weight excluding hydrogens is 490 g/mol. The van der Waals surface area contributed by atoms with Gasteiger partial charge in [0.2, 0.25) is 11.8 Å². The second kappa shape index (κ2) is 13.5. The number of carbonyl (C=O) groups excluding carboxylic acids is 3. The van der Waals surface area contributed by atoms with Crippen LogP contribution in [0.4, 0.5) is 0 Å². The number of nitrogens with two attached hydrogens (primary N) is 1. The summed E-state index contributed by atoms with van der Waals surface area (Å²) in [7, 11) is 0. The first kappa shape index (κ1) is 30.0. The van der Waals surface area contributed by atoms with Crippen LogP contribution in [0.3, 0.4) is 0 Å². The summed E-state index contributed by atoms with van der Waals surface area (Å²) in [5.74, 6) is 4.63. The molecule has 0 radical (unpaired) electrons. The van der Waals surface area contributed by atoms with E-state index in [9.17, 15) is 14.4 Å². The van der Waals surface area contributed by atoms with Crippen molar-refractivity contribution in [3.8, 4) is 0 Å². The molecule has 0 aromatic rings. The summed E-state index contributed by atoms with van der Waals surface area (Å²) in [4.78, 5) is 35.0. The Morgan fingerprint density at radius 2 is 1.89 bits per heavy atom. The van der Waals surface area contributed by atoms with E-state index in [1.807, 2.05) is 19.9 Å². The number of hydrogen-bond acceptors (Lipinski definition) is 8. The van der Waals surface area contributed by atoms with E-state index in [-0.39, 0.29) is 66.2 Å². The van der Waals surface area contributed by atoms with Gasteiger partial charge in [0.05, 0.1) is 49.1 Å². The van der Waals surface area contributed by atoms with Gasteiger partial charge in [0.25, 0.3) is 0 Å². The first-order chi connectivity index (χ1) is 18.0. The number of carbonyl (C=O) groups is 3. The zero-order valence-corrected chi connectivity index (χ0v) is 23.1. The van der Waals surface area contributed by atoms with Gasteiger partial charge in [-0.05, 0) is 45.6 Å². The van der Waals surface area contributed by atoms with E-state index >= 15 is 0 Å². The Morgan fingerprint density at radius 1 is 1.16 bits per heavy atom. The number of rotatable bonds is 10. The summed E-state index contributed by atoms with van der Waals surface area (Å²) in [6, 6.07) is -0.0953. The Labute approximate surface area is 225 Å². The number of hydrazine groups is 1. The van der Waals surface area contributed by atoms with Gasteiger partial charge in [-0.15, -0.1) is 0 Å². The van der Waals surface area contributed by atoms with Gasteiger partial charge >= 0.3 is 5.97 Å². The molecule has 38 heavy (non-hydrogen) atoms. The predicted molar refractivity (Wildman–Crippen MR) is 141 cm³/mol. The van der Waals surface area contributed by atoms with Crippen molar-refractivity contribution in [3.05, 3.63) is 36.0 Å². The molecule has 1 spiro atoms. The van der Waals surface area contributed by atoms with Crippen molar-refractivity contribution >= 4 is 17.8 Å². The molecule has 4 N–H and O–H groups in total. The molecule has 10 nitrogen and oxygen atoms in total. The van der Waals surface area contributed by atoms with Crippen molar-refractivity contribution in [3.63, 3.8) is 0 Å². The Morgan fingerprint density at radius 3 is 2.55 bits per heavy atom. The summed E-state index contributed by atoms with van der Waals surface area (Å²) < 4.78 is 23.1. The first-order valence-electron chi connectivity index (χ1n) is 13.4. The molecule has 0 saturated carbocycles. The van der Waals surface area contributed by atoms with E-state index in [2.05, 4.69) is 29.8 Å². The molecule has 3 aliphatic rings. The van der Waals surface area contributed by atoms with Gasteiger partial charge in [-0.2, -0.15) is 0 Å². The highest BCUT2D eigenvalue weighted by Crippen LogP contribution is 2.43. The normalized spacial score (nSPS) is 34.3. The minimum Gasteiger partial charge on any atom is -0.459 e. The highest BCUT2D eigenvalue weighted by molar-refractivity contribution is 5.87. The second-order valence-electron chi connectivity index (χ2n) is 10.9. The maximum absolute atomic E-state index is 12.3. The predicted octanol–water partition coefficient (Wildman–Crippen LogP) is 2.38. The molecule has 0 aliphatic carbocycles. The van der Waals surface area contributed by atoms with Crippen LogP contribution < -0.4 is 16.6 Å². The fourth-order valence-corrected chi connectivity index (χ4v) is 5.14. The minimum atomic E-state index is -0.461. The van der Waals surface area contributed by atoms with Gasteiger partial charge in [0.15, 0.2) is 0 Å². The third-order valence-corrected chi connectivity index (χ3v) is 7.33. The monoisotopic (exact) mass is 533 g/mol. The standard InChI is InChI=1S/C28H43N3O7/c1-17(6-9-22-14-28(16-35-28)15-23(38-22)13-27(34)31-29)7-10-25-18(2)12-24(20(4)37-25)30-26(33)11-8-19(3)36-21(5)32/h6-9,11,18-20,22-25H,10,12-16,29H2,1-5H3,(H,30,33)(H,31,34)/t18-,19-,20+,22+,23+,24+,25-,28-/m0/s1. The van der Waals surface area contributed by atoms with Gasteiger partial charge in [0.1, 0.15) is 6.10 Å². The summed E-state index contributed by atoms with van der Waals surface area (Å²) >= 11 is 0. The zero-order valence-electron chi connectivity index (χ0n) is 23.1.